The second kappa shape index (κ2) is 7.38. The summed E-state index contributed by atoms with van der Waals surface area (Å²) in [4.78, 5) is 15.6. The van der Waals surface area contributed by atoms with Gasteiger partial charge >= 0.3 is 0 Å². The SMILES string of the molecule is CC(C)C(O)C(C)(C)CNC(=O)CCCn1cncn1. The van der Waals surface area contributed by atoms with Crippen LogP contribution in [0.4, 0.5) is 0 Å². The van der Waals surface area contributed by atoms with Crippen molar-refractivity contribution in [3.63, 3.8) is 0 Å². The summed E-state index contributed by atoms with van der Waals surface area (Å²) in [5.74, 6) is 0.184. The average molecular weight is 282 g/mol. The lowest BCUT2D eigenvalue weighted by atomic mass is 9.80. The number of hydrogen-bond acceptors (Lipinski definition) is 4. The largest absolute Gasteiger partial charge is 0.392 e. The molecule has 0 saturated heterocycles. The zero-order chi connectivity index (χ0) is 15.2. The van der Waals surface area contributed by atoms with Crippen molar-refractivity contribution >= 4 is 5.91 Å². The van der Waals surface area contributed by atoms with Gasteiger partial charge in [0.1, 0.15) is 12.7 Å². The molecule has 6 heteroatoms. The molecule has 0 aliphatic heterocycles. The second-order valence-electron chi connectivity index (χ2n) is 6.22. The van der Waals surface area contributed by atoms with Crippen LogP contribution in [0.5, 0.6) is 0 Å². The number of nitrogens with zero attached hydrogens (tertiary/aromatic N) is 3. The number of amides is 1. The smallest absolute Gasteiger partial charge is 0.220 e. The topological polar surface area (TPSA) is 80.0 Å². The van der Waals surface area contributed by atoms with Gasteiger partial charge in [-0.25, -0.2) is 4.98 Å². The summed E-state index contributed by atoms with van der Waals surface area (Å²) in [5.41, 5.74) is -0.324. The van der Waals surface area contributed by atoms with Gasteiger partial charge in [0.25, 0.3) is 0 Å². The lowest BCUT2D eigenvalue weighted by Crippen LogP contribution is -2.43. The van der Waals surface area contributed by atoms with Crippen molar-refractivity contribution in [1.82, 2.24) is 20.1 Å². The van der Waals surface area contributed by atoms with E-state index in [1.165, 1.54) is 6.33 Å². The normalized spacial score (nSPS) is 13.5. The molecule has 0 aliphatic rings. The van der Waals surface area contributed by atoms with Crippen molar-refractivity contribution in [3.05, 3.63) is 12.7 Å². The van der Waals surface area contributed by atoms with E-state index in [9.17, 15) is 9.90 Å². The van der Waals surface area contributed by atoms with E-state index in [2.05, 4.69) is 15.4 Å². The molecule has 0 aromatic carbocycles. The molecule has 2 N–H and O–H groups in total. The molecule has 0 aliphatic carbocycles. The molecule has 1 aromatic rings. The number of hydrogen-bond donors (Lipinski definition) is 2. The summed E-state index contributed by atoms with van der Waals surface area (Å²) >= 11 is 0. The fraction of sp³-hybridized carbons (Fsp3) is 0.786. The van der Waals surface area contributed by atoms with Crippen LogP contribution in [-0.2, 0) is 11.3 Å². The van der Waals surface area contributed by atoms with Gasteiger partial charge in [0, 0.05) is 24.9 Å². The Kier molecular flexibility index (Phi) is 6.13. The van der Waals surface area contributed by atoms with Crippen molar-refractivity contribution in [2.24, 2.45) is 11.3 Å². The maximum Gasteiger partial charge on any atom is 0.220 e. The van der Waals surface area contributed by atoms with Crippen molar-refractivity contribution < 1.29 is 9.90 Å². The number of aromatic nitrogens is 3. The molecule has 0 spiro atoms. The monoisotopic (exact) mass is 282 g/mol. The van der Waals surface area contributed by atoms with E-state index in [-0.39, 0.29) is 17.2 Å². The van der Waals surface area contributed by atoms with Crippen LogP contribution in [0.2, 0.25) is 0 Å². The highest BCUT2D eigenvalue weighted by Crippen LogP contribution is 2.25. The minimum Gasteiger partial charge on any atom is -0.392 e. The van der Waals surface area contributed by atoms with E-state index in [0.29, 0.717) is 19.5 Å². The number of aliphatic hydroxyl groups excluding tert-OH is 1. The van der Waals surface area contributed by atoms with Gasteiger partial charge in [-0.3, -0.25) is 9.48 Å². The lowest BCUT2D eigenvalue weighted by Gasteiger charge is -2.33. The third-order valence-electron chi connectivity index (χ3n) is 3.43. The first kappa shape index (κ1) is 16.6. The molecule has 1 aromatic heterocycles. The maximum absolute atomic E-state index is 11.8. The third-order valence-corrected chi connectivity index (χ3v) is 3.43. The Morgan fingerprint density at radius 3 is 2.70 bits per heavy atom. The number of aliphatic hydroxyl groups is 1. The third kappa shape index (κ3) is 5.28. The number of rotatable bonds is 8. The summed E-state index contributed by atoms with van der Waals surface area (Å²) < 4.78 is 1.71. The number of nitrogens with one attached hydrogen (secondary N) is 1. The molecular weight excluding hydrogens is 256 g/mol. The minimum atomic E-state index is -0.432. The number of carbonyl (C=O) groups is 1. The first-order valence-corrected chi connectivity index (χ1v) is 7.10. The molecule has 0 bridgehead atoms. The van der Waals surface area contributed by atoms with Gasteiger partial charge in [-0.05, 0) is 12.3 Å². The summed E-state index contributed by atoms with van der Waals surface area (Å²) in [6, 6.07) is 0. The fourth-order valence-corrected chi connectivity index (χ4v) is 2.17. The van der Waals surface area contributed by atoms with E-state index >= 15 is 0 Å². The van der Waals surface area contributed by atoms with Gasteiger partial charge in [0.2, 0.25) is 5.91 Å². The van der Waals surface area contributed by atoms with Crippen molar-refractivity contribution in [3.8, 4) is 0 Å². The molecule has 1 heterocycles. The van der Waals surface area contributed by atoms with Crippen LogP contribution in [-0.4, -0.2) is 38.4 Å². The van der Waals surface area contributed by atoms with Crippen LogP contribution < -0.4 is 5.32 Å². The lowest BCUT2D eigenvalue weighted by molar-refractivity contribution is -0.122. The molecule has 20 heavy (non-hydrogen) atoms. The van der Waals surface area contributed by atoms with E-state index in [1.807, 2.05) is 27.7 Å². The standard InChI is InChI=1S/C14H26N4O2/c1-11(2)13(20)14(3,4)8-16-12(19)6-5-7-18-10-15-9-17-18/h9-11,13,20H,5-8H2,1-4H3,(H,16,19). The summed E-state index contributed by atoms with van der Waals surface area (Å²) in [6.07, 6.45) is 3.87. The van der Waals surface area contributed by atoms with Crippen molar-refractivity contribution in [2.75, 3.05) is 6.54 Å². The van der Waals surface area contributed by atoms with Crippen molar-refractivity contribution in [2.45, 2.75) is 53.2 Å². The first-order chi connectivity index (χ1) is 9.33. The zero-order valence-corrected chi connectivity index (χ0v) is 12.8. The van der Waals surface area contributed by atoms with Gasteiger partial charge in [0.05, 0.1) is 6.10 Å². The number of carbonyl (C=O) groups excluding carboxylic acids is 1. The van der Waals surface area contributed by atoms with Gasteiger partial charge in [-0.15, -0.1) is 0 Å². The molecule has 0 fully saturated rings. The van der Waals surface area contributed by atoms with Gasteiger partial charge in [0.15, 0.2) is 0 Å². The van der Waals surface area contributed by atoms with Crippen LogP contribution in [0.25, 0.3) is 0 Å². The van der Waals surface area contributed by atoms with Crippen LogP contribution in [0.1, 0.15) is 40.5 Å². The highest BCUT2D eigenvalue weighted by atomic mass is 16.3. The maximum atomic E-state index is 11.8. The van der Waals surface area contributed by atoms with Crippen LogP contribution in [0, 0.1) is 11.3 Å². The van der Waals surface area contributed by atoms with Gasteiger partial charge in [-0.2, -0.15) is 5.10 Å². The van der Waals surface area contributed by atoms with E-state index < -0.39 is 6.10 Å². The van der Waals surface area contributed by atoms with Gasteiger partial charge < -0.3 is 10.4 Å². The fourth-order valence-electron chi connectivity index (χ4n) is 2.17. The Bertz CT molecular complexity index is 401. The Morgan fingerprint density at radius 2 is 2.15 bits per heavy atom. The molecule has 6 nitrogen and oxygen atoms in total. The zero-order valence-electron chi connectivity index (χ0n) is 12.8. The van der Waals surface area contributed by atoms with E-state index in [0.717, 1.165) is 6.42 Å². The predicted octanol–water partition coefficient (Wildman–Crippen LogP) is 1.22. The summed E-state index contributed by atoms with van der Waals surface area (Å²) in [5, 5.41) is 17.0. The van der Waals surface area contributed by atoms with Gasteiger partial charge in [-0.1, -0.05) is 27.7 Å². The Labute approximate surface area is 120 Å². The van der Waals surface area contributed by atoms with E-state index in [4.69, 9.17) is 0 Å². The first-order valence-electron chi connectivity index (χ1n) is 7.10. The van der Waals surface area contributed by atoms with E-state index in [1.54, 1.807) is 11.0 Å². The highest BCUT2D eigenvalue weighted by molar-refractivity contribution is 5.75. The molecule has 114 valence electrons. The molecule has 0 saturated carbocycles. The Hall–Kier alpha value is -1.43. The quantitative estimate of drug-likeness (QED) is 0.751. The predicted molar refractivity (Wildman–Crippen MR) is 76.9 cm³/mol. The number of aryl methyl sites for hydroxylation is 1. The molecule has 1 rings (SSSR count). The minimum absolute atomic E-state index is 0.00847. The average Bonchev–Trinajstić information content (AvgIpc) is 2.88. The Morgan fingerprint density at radius 1 is 1.45 bits per heavy atom. The molecule has 1 atom stereocenters. The van der Waals surface area contributed by atoms with Crippen LogP contribution in [0.15, 0.2) is 12.7 Å². The molecular formula is C14H26N4O2. The second-order valence-corrected chi connectivity index (χ2v) is 6.22. The highest BCUT2D eigenvalue weighted by Gasteiger charge is 2.30. The Balaban J connectivity index is 2.25. The summed E-state index contributed by atoms with van der Waals surface area (Å²) in [7, 11) is 0. The molecule has 1 amide bonds. The van der Waals surface area contributed by atoms with Crippen molar-refractivity contribution in [1.29, 1.82) is 0 Å². The molecule has 1 unspecified atom stereocenters. The van der Waals surface area contributed by atoms with Crippen LogP contribution in [0.3, 0.4) is 0 Å². The van der Waals surface area contributed by atoms with Crippen LogP contribution >= 0.6 is 0 Å². The summed E-state index contributed by atoms with van der Waals surface area (Å²) in [6.45, 7) is 9.05. The molecule has 0 radical (unpaired) electrons.